The molecule has 27 heavy (non-hydrogen) atoms. The number of nitrogens with zero attached hydrogens (tertiary/aromatic N) is 3. The Kier molecular flexibility index (Phi) is 8.99. The first-order valence-electron chi connectivity index (χ1n) is 9.96. The van der Waals surface area contributed by atoms with Crippen LogP contribution in [0, 0.1) is 11.8 Å². The third-order valence-electron chi connectivity index (χ3n) is 6.42. The summed E-state index contributed by atoms with van der Waals surface area (Å²) in [5.41, 5.74) is 0.282. The first kappa shape index (κ1) is 23.1. The number of rotatable bonds is 4. The van der Waals surface area contributed by atoms with Gasteiger partial charge in [-0.1, -0.05) is 19.8 Å². The Hall–Kier alpha value is -0.220. The molecule has 0 aromatic carbocycles. The lowest BCUT2D eigenvalue weighted by Crippen LogP contribution is -2.57. The lowest BCUT2D eigenvalue weighted by atomic mass is 9.94. The number of esters is 1. The Labute approximate surface area is 185 Å². The number of nitrogens with one attached hydrogen (secondary N) is 1. The van der Waals surface area contributed by atoms with E-state index in [1.54, 1.807) is 0 Å². The zero-order chi connectivity index (χ0) is 18.6. The van der Waals surface area contributed by atoms with E-state index in [-0.39, 0.29) is 41.4 Å². The summed E-state index contributed by atoms with van der Waals surface area (Å²) < 4.78 is 4.97. The summed E-state index contributed by atoms with van der Waals surface area (Å²) in [6, 6.07) is 0. The molecule has 2 heterocycles. The van der Waals surface area contributed by atoms with E-state index in [1.165, 1.54) is 57.4 Å². The molecule has 156 valence electrons. The molecule has 3 rings (SSSR count). The maximum Gasteiger partial charge on any atom is 0.310 e. The molecule has 0 radical (unpaired) electrons. The molecular weight excluding hydrogens is 475 g/mol. The highest BCUT2D eigenvalue weighted by Crippen LogP contribution is 2.36. The number of ether oxygens (including phenoxy) is 1. The van der Waals surface area contributed by atoms with Crippen molar-refractivity contribution >= 4 is 47.7 Å². The van der Waals surface area contributed by atoms with Crippen molar-refractivity contribution in [2.24, 2.45) is 16.8 Å². The Bertz CT molecular complexity index is 522. The van der Waals surface area contributed by atoms with Crippen molar-refractivity contribution in [3.8, 4) is 0 Å². The average molecular weight is 510 g/mol. The molecule has 1 saturated carbocycles. The molecule has 0 spiro atoms. The van der Waals surface area contributed by atoms with Crippen molar-refractivity contribution in [1.29, 1.82) is 0 Å². The quantitative estimate of drug-likeness (QED) is 0.271. The van der Waals surface area contributed by atoms with Crippen LogP contribution in [-0.4, -0.2) is 85.7 Å². The monoisotopic (exact) mass is 510 g/mol. The Balaban J connectivity index is 0.00000261. The van der Waals surface area contributed by atoms with Crippen LogP contribution < -0.4 is 5.32 Å². The van der Waals surface area contributed by atoms with Gasteiger partial charge in [0.1, 0.15) is 0 Å². The fourth-order valence-corrected chi connectivity index (χ4v) is 5.75. The second-order valence-electron chi connectivity index (χ2n) is 7.94. The minimum absolute atomic E-state index is 0. The molecule has 2 atom stereocenters. The van der Waals surface area contributed by atoms with Crippen LogP contribution in [0.5, 0.6) is 0 Å². The van der Waals surface area contributed by atoms with Gasteiger partial charge in [0.05, 0.1) is 13.0 Å². The molecule has 1 aliphatic carbocycles. The number of likely N-dealkylation sites (tertiary alicyclic amines) is 1. The fraction of sp³-hybridized carbons (Fsp3) is 0.895. The van der Waals surface area contributed by atoms with E-state index in [1.807, 2.05) is 7.05 Å². The average Bonchev–Trinajstić information content (AvgIpc) is 3.30. The highest BCUT2D eigenvalue weighted by Gasteiger charge is 2.41. The lowest BCUT2D eigenvalue weighted by molar-refractivity contribution is -0.145. The van der Waals surface area contributed by atoms with E-state index < -0.39 is 0 Å². The van der Waals surface area contributed by atoms with Crippen molar-refractivity contribution in [2.75, 3.05) is 58.4 Å². The lowest BCUT2D eigenvalue weighted by Gasteiger charge is -2.44. The molecule has 2 saturated heterocycles. The van der Waals surface area contributed by atoms with Crippen LogP contribution in [0.4, 0.5) is 0 Å². The minimum Gasteiger partial charge on any atom is -0.469 e. The van der Waals surface area contributed by atoms with Crippen LogP contribution in [-0.2, 0) is 9.53 Å². The summed E-state index contributed by atoms with van der Waals surface area (Å²) in [5.74, 6) is 3.56. The smallest absolute Gasteiger partial charge is 0.310 e. The van der Waals surface area contributed by atoms with Gasteiger partial charge in [0.2, 0.25) is 0 Å². The number of hydrogen-bond acceptors (Lipinski definition) is 5. The number of halogens is 1. The molecule has 2 aliphatic heterocycles. The second-order valence-corrected chi connectivity index (χ2v) is 9.17. The molecular formula is C19H35IN4O2S. The van der Waals surface area contributed by atoms with Crippen LogP contribution >= 0.6 is 35.7 Å². The zero-order valence-electron chi connectivity index (χ0n) is 16.9. The van der Waals surface area contributed by atoms with Crippen molar-refractivity contribution in [3.05, 3.63) is 0 Å². The molecule has 0 amide bonds. The van der Waals surface area contributed by atoms with Crippen molar-refractivity contribution in [3.63, 3.8) is 0 Å². The normalized spacial score (nSPS) is 28.7. The molecule has 6 nitrogen and oxygen atoms in total. The Morgan fingerprint density at radius 1 is 1.26 bits per heavy atom. The molecule has 2 unspecified atom stereocenters. The first-order valence-corrected chi connectivity index (χ1v) is 11.1. The zero-order valence-corrected chi connectivity index (χ0v) is 20.1. The molecule has 3 aliphatic rings. The number of carbonyl (C=O) groups is 1. The highest BCUT2D eigenvalue weighted by atomic mass is 127. The highest BCUT2D eigenvalue weighted by molar-refractivity contribution is 14.0. The summed E-state index contributed by atoms with van der Waals surface area (Å²) in [4.78, 5) is 21.5. The van der Waals surface area contributed by atoms with E-state index in [4.69, 9.17) is 4.74 Å². The minimum atomic E-state index is -0.103. The van der Waals surface area contributed by atoms with Gasteiger partial charge in [-0.25, -0.2) is 0 Å². The number of aliphatic imine (C=N–C) groups is 1. The van der Waals surface area contributed by atoms with Crippen LogP contribution in [0.15, 0.2) is 4.99 Å². The molecule has 0 bridgehead atoms. The number of hydrogen-bond donors (Lipinski definition) is 1. The van der Waals surface area contributed by atoms with E-state index in [2.05, 4.69) is 38.8 Å². The predicted molar refractivity (Wildman–Crippen MR) is 123 cm³/mol. The molecule has 1 N–H and O–H groups in total. The van der Waals surface area contributed by atoms with Gasteiger partial charge < -0.3 is 15.0 Å². The summed E-state index contributed by atoms with van der Waals surface area (Å²) in [6.45, 7) is 7.04. The third-order valence-corrected chi connectivity index (χ3v) is 7.36. The Morgan fingerprint density at radius 2 is 1.93 bits per heavy atom. The van der Waals surface area contributed by atoms with E-state index in [9.17, 15) is 4.79 Å². The van der Waals surface area contributed by atoms with E-state index in [0.717, 1.165) is 19.0 Å². The number of carbonyl (C=O) groups excluding carboxylic acids is 1. The van der Waals surface area contributed by atoms with Gasteiger partial charge in [-0.15, -0.1) is 24.0 Å². The van der Waals surface area contributed by atoms with Gasteiger partial charge in [0.15, 0.2) is 5.96 Å². The second kappa shape index (κ2) is 10.5. The van der Waals surface area contributed by atoms with Gasteiger partial charge in [0.25, 0.3) is 0 Å². The molecule has 3 fully saturated rings. The first-order chi connectivity index (χ1) is 12.6. The fourth-order valence-electron chi connectivity index (χ4n) is 4.85. The summed E-state index contributed by atoms with van der Waals surface area (Å²) in [7, 11) is 3.32. The summed E-state index contributed by atoms with van der Waals surface area (Å²) >= 11 is 2.07. The summed E-state index contributed by atoms with van der Waals surface area (Å²) in [5, 5.41) is 3.66. The molecule has 8 heteroatoms. The van der Waals surface area contributed by atoms with Crippen molar-refractivity contribution in [2.45, 2.75) is 38.1 Å². The Morgan fingerprint density at radius 3 is 2.52 bits per heavy atom. The van der Waals surface area contributed by atoms with E-state index in [0.29, 0.717) is 12.5 Å². The molecule has 0 aromatic rings. The third kappa shape index (κ3) is 5.23. The van der Waals surface area contributed by atoms with Gasteiger partial charge in [-0.05, 0) is 18.8 Å². The number of methoxy groups -OCH3 is 1. The van der Waals surface area contributed by atoms with Crippen LogP contribution in [0.25, 0.3) is 0 Å². The van der Waals surface area contributed by atoms with Gasteiger partial charge >= 0.3 is 5.97 Å². The summed E-state index contributed by atoms with van der Waals surface area (Å²) in [6.07, 6.45) is 5.22. The standard InChI is InChI=1S/C19H34N4O2S.HI/c1-15-12-22(13-16(15)17(24)25-3)18(20-2)21-14-19(6-4-5-7-19)23-8-10-26-11-9-23;/h15-16H,4-14H2,1-3H3,(H,20,21);1H. The van der Waals surface area contributed by atoms with Crippen molar-refractivity contribution in [1.82, 2.24) is 15.1 Å². The molecule has 0 aromatic heterocycles. The number of thioether (sulfide) groups is 1. The van der Waals surface area contributed by atoms with Gasteiger partial charge in [-0.3, -0.25) is 14.7 Å². The topological polar surface area (TPSA) is 57.2 Å². The van der Waals surface area contributed by atoms with E-state index >= 15 is 0 Å². The number of guanidine groups is 1. The maximum atomic E-state index is 12.0. The SMILES string of the molecule is CN=C(NCC1(N2CCSCC2)CCCC1)N1CC(C)C(C(=O)OC)C1.I. The maximum absolute atomic E-state index is 12.0. The largest absolute Gasteiger partial charge is 0.469 e. The van der Waals surface area contributed by atoms with Gasteiger partial charge in [-0.2, -0.15) is 11.8 Å². The van der Waals surface area contributed by atoms with Crippen LogP contribution in [0.2, 0.25) is 0 Å². The van der Waals surface area contributed by atoms with Crippen LogP contribution in [0.3, 0.4) is 0 Å². The van der Waals surface area contributed by atoms with Gasteiger partial charge in [0, 0.05) is 56.8 Å². The van der Waals surface area contributed by atoms with Crippen molar-refractivity contribution < 1.29 is 9.53 Å². The van der Waals surface area contributed by atoms with Crippen LogP contribution in [0.1, 0.15) is 32.6 Å². The predicted octanol–water partition coefficient (Wildman–Crippen LogP) is 2.28.